The van der Waals surface area contributed by atoms with Crippen molar-refractivity contribution in [3.05, 3.63) is 16.1 Å². The molecule has 102 valence electrons. The van der Waals surface area contributed by atoms with E-state index in [4.69, 9.17) is 5.73 Å². The highest BCUT2D eigenvalue weighted by molar-refractivity contribution is 7.09. The van der Waals surface area contributed by atoms with E-state index >= 15 is 0 Å². The summed E-state index contributed by atoms with van der Waals surface area (Å²) >= 11 is 1.55. The lowest BCUT2D eigenvalue weighted by atomic mass is 9.63. The topological polar surface area (TPSA) is 59.1 Å². The van der Waals surface area contributed by atoms with Gasteiger partial charge in [0.15, 0.2) is 0 Å². The van der Waals surface area contributed by atoms with Crippen molar-refractivity contribution in [2.45, 2.75) is 52.6 Å². The predicted molar refractivity (Wildman–Crippen MR) is 75.5 cm³/mol. The fourth-order valence-corrected chi connectivity index (χ4v) is 3.69. The number of thiazole rings is 1. The Kier molecular flexibility index (Phi) is 3.81. The maximum Gasteiger partial charge on any atom is 0.122 e. The quantitative estimate of drug-likeness (QED) is 0.886. The molecule has 1 saturated carbocycles. The Hall–Kier alpha value is -0.450. The molecule has 1 unspecified atom stereocenters. The average Bonchev–Trinajstić information content (AvgIpc) is 2.76. The number of rotatable bonds is 3. The number of hydrogen-bond donors (Lipinski definition) is 2. The van der Waals surface area contributed by atoms with Crippen molar-refractivity contribution < 1.29 is 5.11 Å². The van der Waals surface area contributed by atoms with E-state index in [9.17, 15) is 5.11 Å². The van der Waals surface area contributed by atoms with E-state index in [1.807, 2.05) is 12.3 Å². The average molecular weight is 268 g/mol. The van der Waals surface area contributed by atoms with Crippen LogP contribution >= 0.6 is 11.3 Å². The van der Waals surface area contributed by atoms with Gasteiger partial charge in [0.25, 0.3) is 0 Å². The molecule has 3 N–H and O–H groups in total. The number of nitrogens with two attached hydrogens (primary N) is 1. The van der Waals surface area contributed by atoms with Gasteiger partial charge in [0, 0.05) is 23.0 Å². The lowest BCUT2D eigenvalue weighted by molar-refractivity contribution is -0.0237. The summed E-state index contributed by atoms with van der Waals surface area (Å²) in [7, 11) is 0. The maximum atomic E-state index is 10.6. The molecule has 0 bridgehead atoms. The number of nitrogens with zero attached hydrogens (tertiary/aromatic N) is 1. The van der Waals surface area contributed by atoms with Gasteiger partial charge in [-0.1, -0.05) is 13.8 Å². The Morgan fingerprint density at radius 2 is 2.00 bits per heavy atom. The van der Waals surface area contributed by atoms with Crippen LogP contribution in [0.5, 0.6) is 0 Å². The third-order valence-corrected chi connectivity index (χ3v) is 5.47. The molecule has 0 spiro atoms. The van der Waals surface area contributed by atoms with Gasteiger partial charge in [-0.25, -0.2) is 4.98 Å². The summed E-state index contributed by atoms with van der Waals surface area (Å²) in [5, 5.41) is 13.5. The molecule has 18 heavy (non-hydrogen) atoms. The zero-order valence-electron chi connectivity index (χ0n) is 11.6. The normalized spacial score (nSPS) is 23.8. The van der Waals surface area contributed by atoms with E-state index in [2.05, 4.69) is 18.8 Å². The first-order valence-corrected chi connectivity index (χ1v) is 7.57. The molecular formula is C14H24N2OS. The van der Waals surface area contributed by atoms with Gasteiger partial charge < -0.3 is 10.8 Å². The molecule has 1 aliphatic carbocycles. The Balaban J connectivity index is 2.18. The standard InChI is InChI=1S/C14H24N2OS/c1-10-8-18-12(16-10)11(17)14(9-15)6-4-13(2,3)5-7-14/h8,11,17H,4-7,9,15H2,1-3H3. The monoisotopic (exact) mass is 268 g/mol. The zero-order valence-corrected chi connectivity index (χ0v) is 12.4. The highest BCUT2D eigenvalue weighted by Crippen LogP contribution is 2.50. The third kappa shape index (κ3) is 2.60. The molecule has 1 aromatic heterocycles. The van der Waals surface area contributed by atoms with Gasteiger partial charge >= 0.3 is 0 Å². The lowest BCUT2D eigenvalue weighted by Gasteiger charge is -2.45. The van der Waals surface area contributed by atoms with E-state index < -0.39 is 6.10 Å². The molecule has 0 amide bonds. The molecule has 1 atom stereocenters. The van der Waals surface area contributed by atoms with Crippen LogP contribution in [0.1, 0.15) is 56.3 Å². The summed E-state index contributed by atoms with van der Waals surface area (Å²) in [6.07, 6.45) is 3.75. The number of aryl methyl sites for hydroxylation is 1. The van der Waals surface area contributed by atoms with E-state index in [1.54, 1.807) is 11.3 Å². The van der Waals surface area contributed by atoms with Gasteiger partial charge in [0.2, 0.25) is 0 Å². The van der Waals surface area contributed by atoms with E-state index in [0.717, 1.165) is 36.4 Å². The van der Waals surface area contributed by atoms with Crippen LogP contribution < -0.4 is 5.73 Å². The lowest BCUT2D eigenvalue weighted by Crippen LogP contribution is -2.41. The first-order valence-electron chi connectivity index (χ1n) is 6.69. The molecular weight excluding hydrogens is 244 g/mol. The van der Waals surface area contributed by atoms with Gasteiger partial charge in [0.1, 0.15) is 11.1 Å². The summed E-state index contributed by atoms with van der Waals surface area (Å²) < 4.78 is 0. The molecule has 0 aromatic carbocycles. The van der Waals surface area contributed by atoms with Crippen LogP contribution in [0.25, 0.3) is 0 Å². The molecule has 1 heterocycles. The molecule has 0 aliphatic heterocycles. The van der Waals surface area contributed by atoms with E-state index in [1.165, 1.54) is 0 Å². The van der Waals surface area contributed by atoms with Crippen LogP contribution in [-0.4, -0.2) is 16.6 Å². The SMILES string of the molecule is Cc1csc(C(O)C2(CN)CCC(C)(C)CC2)n1. The minimum Gasteiger partial charge on any atom is -0.385 e. The van der Waals surface area contributed by atoms with Crippen LogP contribution in [0.15, 0.2) is 5.38 Å². The smallest absolute Gasteiger partial charge is 0.122 e. The molecule has 3 nitrogen and oxygen atoms in total. The van der Waals surface area contributed by atoms with Crippen LogP contribution in [0.4, 0.5) is 0 Å². The molecule has 0 radical (unpaired) electrons. The highest BCUT2D eigenvalue weighted by atomic mass is 32.1. The number of aromatic nitrogens is 1. The van der Waals surface area contributed by atoms with Crippen molar-refractivity contribution in [3.8, 4) is 0 Å². The molecule has 1 fully saturated rings. The Labute approximate surface area is 113 Å². The molecule has 4 heteroatoms. The van der Waals surface area contributed by atoms with Crippen molar-refractivity contribution in [1.29, 1.82) is 0 Å². The fraction of sp³-hybridized carbons (Fsp3) is 0.786. The molecule has 1 aliphatic rings. The van der Waals surface area contributed by atoms with Gasteiger partial charge in [-0.15, -0.1) is 11.3 Å². The first kappa shape index (κ1) is 14.0. The summed E-state index contributed by atoms with van der Waals surface area (Å²) in [6.45, 7) is 7.11. The van der Waals surface area contributed by atoms with Gasteiger partial charge in [-0.05, 0) is 38.0 Å². The first-order chi connectivity index (χ1) is 8.38. The fourth-order valence-electron chi connectivity index (χ4n) is 2.77. The molecule has 2 rings (SSSR count). The van der Waals surface area contributed by atoms with Crippen LogP contribution in [0.2, 0.25) is 0 Å². The van der Waals surface area contributed by atoms with Crippen molar-refractivity contribution >= 4 is 11.3 Å². The second kappa shape index (κ2) is 4.91. The Bertz CT molecular complexity index is 404. The highest BCUT2D eigenvalue weighted by Gasteiger charge is 2.44. The number of aliphatic hydroxyl groups is 1. The summed E-state index contributed by atoms with van der Waals surface area (Å²) in [5.74, 6) is 0. The van der Waals surface area contributed by atoms with Crippen molar-refractivity contribution in [2.24, 2.45) is 16.6 Å². The van der Waals surface area contributed by atoms with Gasteiger partial charge in [0.05, 0.1) is 0 Å². The maximum absolute atomic E-state index is 10.6. The largest absolute Gasteiger partial charge is 0.385 e. The zero-order chi connectivity index (χ0) is 13.4. The third-order valence-electron chi connectivity index (χ3n) is 4.46. The second-order valence-corrected chi connectivity index (χ2v) is 7.35. The number of hydrogen-bond acceptors (Lipinski definition) is 4. The minimum absolute atomic E-state index is 0.167. The molecule has 1 aromatic rings. The van der Waals surface area contributed by atoms with Crippen molar-refractivity contribution in [2.75, 3.05) is 6.54 Å². The second-order valence-electron chi connectivity index (χ2n) is 6.46. The van der Waals surface area contributed by atoms with Crippen LogP contribution in [-0.2, 0) is 0 Å². The van der Waals surface area contributed by atoms with Crippen LogP contribution in [0.3, 0.4) is 0 Å². The van der Waals surface area contributed by atoms with E-state index in [-0.39, 0.29) is 5.41 Å². The summed E-state index contributed by atoms with van der Waals surface area (Å²) in [6, 6.07) is 0. The number of aliphatic hydroxyl groups excluding tert-OH is 1. The van der Waals surface area contributed by atoms with Crippen molar-refractivity contribution in [3.63, 3.8) is 0 Å². The minimum atomic E-state index is -0.503. The van der Waals surface area contributed by atoms with Gasteiger partial charge in [-0.2, -0.15) is 0 Å². The van der Waals surface area contributed by atoms with Crippen LogP contribution in [0, 0.1) is 17.8 Å². The predicted octanol–water partition coefficient (Wildman–Crippen LogP) is 3.03. The summed E-state index contributed by atoms with van der Waals surface area (Å²) in [4.78, 5) is 4.43. The summed E-state index contributed by atoms with van der Waals surface area (Å²) in [5.41, 5.74) is 7.19. The molecule has 0 saturated heterocycles. The Morgan fingerprint density at radius 1 is 1.39 bits per heavy atom. The van der Waals surface area contributed by atoms with Crippen molar-refractivity contribution in [1.82, 2.24) is 4.98 Å². The Morgan fingerprint density at radius 3 is 2.44 bits per heavy atom. The van der Waals surface area contributed by atoms with E-state index in [0.29, 0.717) is 12.0 Å². The van der Waals surface area contributed by atoms with Gasteiger partial charge in [-0.3, -0.25) is 0 Å².